The standard InChI is InChI=1S/C23H25FN4O2/c1-17-13-26-23(19-8-10-25-11-9-19)28(17)15-18-3-2-12-27(14-18)22(29)16-30-21-6-4-20(24)5-7-21/h4-11,13,18H,2-3,12,14-16H2,1H3. The van der Waals surface area contributed by atoms with Gasteiger partial charge in [0.15, 0.2) is 6.61 Å². The normalized spacial score (nSPS) is 16.5. The van der Waals surface area contributed by atoms with Gasteiger partial charge in [-0.3, -0.25) is 9.78 Å². The second-order valence-corrected chi connectivity index (χ2v) is 7.66. The Morgan fingerprint density at radius 1 is 1.20 bits per heavy atom. The molecule has 1 aromatic carbocycles. The fourth-order valence-electron chi connectivity index (χ4n) is 3.89. The highest BCUT2D eigenvalue weighted by molar-refractivity contribution is 5.77. The van der Waals surface area contributed by atoms with Crippen LogP contribution in [0.1, 0.15) is 18.5 Å². The molecule has 3 aromatic rings. The first kappa shape index (κ1) is 20.1. The number of likely N-dealkylation sites (tertiary alicyclic amines) is 1. The third kappa shape index (κ3) is 4.67. The molecule has 30 heavy (non-hydrogen) atoms. The zero-order valence-corrected chi connectivity index (χ0v) is 17.0. The number of carbonyl (C=O) groups is 1. The Hall–Kier alpha value is -3.22. The summed E-state index contributed by atoms with van der Waals surface area (Å²) < 4.78 is 20.8. The molecule has 0 bridgehead atoms. The van der Waals surface area contributed by atoms with Crippen molar-refractivity contribution < 1.29 is 13.9 Å². The molecule has 0 aliphatic carbocycles. The molecule has 7 heteroatoms. The van der Waals surface area contributed by atoms with Gasteiger partial charge in [0.1, 0.15) is 17.4 Å². The molecule has 1 unspecified atom stereocenters. The molecule has 3 heterocycles. The first-order valence-corrected chi connectivity index (χ1v) is 10.2. The molecule has 6 nitrogen and oxygen atoms in total. The zero-order valence-electron chi connectivity index (χ0n) is 17.0. The van der Waals surface area contributed by atoms with Crippen LogP contribution in [0.25, 0.3) is 11.4 Å². The SMILES string of the molecule is Cc1cnc(-c2ccncc2)n1CC1CCCN(C(=O)COc2ccc(F)cc2)C1. The molecule has 0 N–H and O–H groups in total. The van der Waals surface area contributed by atoms with E-state index in [4.69, 9.17) is 4.74 Å². The van der Waals surface area contributed by atoms with Gasteiger partial charge in [0.25, 0.3) is 5.91 Å². The van der Waals surface area contributed by atoms with E-state index in [0.717, 1.165) is 43.0 Å². The Morgan fingerprint density at radius 2 is 1.97 bits per heavy atom. The number of carbonyl (C=O) groups excluding carboxylic acids is 1. The highest BCUT2D eigenvalue weighted by Gasteiger charge is 2.25. The van der Waals surface area contributed by atoms with Gasteiger partial charge >= 0.3 is 0 Å². The molecule has 1 fully saturated rings. The number of imidazole rings is 1. The molecular formula is C23H25FN4O2. The van der Waals surface area contributed by atoms with Gasteiger partial charge in [0.2, 0.25) is 0 Å². The fraction of sp³-hybridized carbons (Fsp3) is 0.348. The number of pyridine rings is 1. The number of amides is 1. The van der Waals surface area contributed by atoms with Crippen molar-refractivity contribution in [2.24, 2.45) is 5.92 Å². The summed E-state index contributed by atoms with van der Waals surface area (Å²) in [4.78, 5) is 23.2. The van der Waals surface area contributed by atoms with Gasteiger partial charge in [0.05, 0.1) is 0 Å². The quantitative estimate of drug-likeness (QED) is 0.624. The Bertz CT molecular complexity index is 988. The van der Waals surface area contributed by atoms with Crippen molar-refractivity contribution in [3.05, 3.63) is 66.5 Å². The predicted molar refractivity (Wildman–Crippen MR) is 111 cm³/mol. The monoisotopic (exact) mass is 408 g/mol. The van der Waals surface area contributed by atoms with E-state index >= 15 is 0 Å². The number of piperidine rings is 1. The maximum absolute atomic E-state index is 13.0. The van der Waals surface area contributed by atoms with Gasteiger partial charge in [0, 0.05) is 49.5 Å². The number of benzene rings is 1. The van der Waals surface area contributed by atoms with Gasteiger partial charge in [-0.1, -0.05) is 0 Å². The molecule has 4 rings (SSSR count). The van der Waals surface area contributed by atoms with Crippen LogP contribution in [0.3, 0.4) is 0 Å². The maximum Gasteiger partial charge on any atom is 0.260 e. The summed E-state index contributed by atoms with van der Waals surface area (Å²) in [5, 5.41) is 0. The van der Waals surface area contributed by atoms with Gasteiger partial charge in [-0.15, -0.1) is 0 Å². The molecule has 1 saturated heterocycles. The number of ether oxygens (including phenoxy) is 1. The number of hydrogen-bond acceptors (Lipinski definition) is 4. The van der Waals surface area contributed by atoms with Crippen LogP contribution in [0.4, 0.5) is 4.39 Å². The Kier molecular flexibility index (Phi) is 6.07. The van der Waals surface area contributed by atoms with Crippen LogP contribution in [0, 0.1) is 18.7 Å². The second kappa shape index (κ2) is 9.07. The fourth-order valence-corrected chi connectivity index (χ4v) is 3.89. The van der Waals surface area contributed by atoms with Crippen LogP contribution in [0.15, 0.2) is 55.0 Å². The Balaban J connectivity index is 1.38. The summed E-state index contributed by atoms with van der Waals surface area (Å²) in [6.45, 7) is 4.26. The van der Waals surface area contributed by atoms with Crippen LogP contribution in [-0.2, 0) is 11.3 Å². The maximum atomic E-state index is 13.0. The first-order chi connectivity index (χ1) is 14.6. The first-order valence-electron chi connectivity index (χ1n) is 10.2. The Morgan fingerprint density at radius 3 is 2.73 bits per heavy atom. The van der Waals surface area contributed by atoms with E-state index < -0.39 is 0 Å². The van der Waals surface area contributed by atoms with Crippen LogP contribution >= 0.6 is 0 Å². The summed E-state index contributed by atoms with van der Waals surface area (Å²) in [5.74, 6) is 1.41. The van der Waals surface area contributed by atoms with Crippen molar-refractivity contribution in [3.8, 4) is 17.1 Å². The number of nitrogens with zero attached hydrogens (tertiary/aromatic N) is 4. The zero-order chi connectivity index (χ0) is 20.9. The molecule has 0 radical (unpaired) electrons. The van der Waals surface area contributed by atoms with Crippen LogP contribution < -0.4 is 4.74 Å². The number of rotatable bonds is 6. The lowest BCUT2D eigenvalue weighted by Crippen LogP contribution is -2.43. The molecule has 0 saturated carbocycles. The van der Waals surface area contributed by atoms with E-state index in [1.165, 1.54) is 24.3 Å². The van der Waals surface area contributed by atoms with E-state index in [1.807, 2.05) is 23.2 Å². The minimum Gasteiger partial charge on any atom is -0.484 e. The number of aromatic nitrogens is 3. The van der Waals surface area contributed by atoms with Crippen molar-refractivity contribution in [2.75, 3.05) is 19.7 Å². The topological polar surface area (TPSA) is 60.2 Å². The number of halogens is 1. The van der Waals surface area contributed by atoms with Gasteiger partial charge in [-0.05, 0) is 62.1 Å². The van der Waals surface area contributed by atoms with Gasteiger partial charge < -0.3 is 14.2 Å². The van der Waals surface area contributed by atoms with Crippen LogP contribution in [0.2, 0.25) is 0 Å². The minimum absolute atomic E-state index is 0.0370. The van der Waals surface area contributed by atoms with E-state index in [0.29, 0.717) is 18.2 Å². The van der Waals surface area contributed by atoms with E-state index in [2.05, 4.69) is 21.5 Å². The number of hydrogen-bond donors (Lipinski definition) is 0. The molecule has 1 atom stereocenters. The lowest BCUT2D eigenvalue weighted by Gasteiger charge is -2.33. The van der Waals surface area contributed by atoms with Crippen molar-refractivity contribution in [1.82, 2.24) is 19.4 Å². The summed E-state index contributed by atoms with van der Waals surface area (Å²) in [7, 11) is 0. The van der Waals surface area contributed by atoms with Crippen LogP contribution in [0.5, 0.6) is 5.75 Å². The van der Waals surface area contributed by atoms with Crippen molar-refractivity contribution in [1.29, 1.82) is 0 Å². The highest BCUT2D eigenvalue weighted by Crippen LogP contribution is 2.24. The smallest absolute Gasteiger partial charge is 0.260 e. The Labute approximate surface area is 175 Å². The van der Waals surface area contributed by atoms with E-state index in [9.17, 15) is 9.18 Å². The van der Waals surface area contributed by atoms with Crippen molar-refractivity contribution in [2.45, 2.75) is 26.3 Å². The average molecular weight is 408 g/mol. The largest absolute Gasteiger partial charge is 0.484 e. The summed E-state index contributed by atoms with van der Waals surface area (Å²) in [6, 6.07) is 9.63. The molecule has 156 valence electrons. The highest BCUT2D eigenvalue weighted by atomic mass is 19.1. The van der Waals surface area contributed by atoms with E-state index in [1.54, 1.807) is 12.4 Å². The summed E-state index contributed by atoms with van der Waals surface area (Å²) in [5.41, 5.74) is 2.14. The molecular weight excluding hydrogens is 383 g/mol. The second-order valence-electron chi connectivity index (χ2n) is 7.66. The molecule has 1 aliphatic rings. The summed E-state index contributed by atoms with van der Waals surface area (Å²) >= 11 is 0. The van der Waals surface area contributed by atoms with Crippen molar-refractivity contribution >= 4 is 5.91 Å². The summed E-state index contributed by atoms with van der Waals surface area (Å²) in [6.07, 6.45) is 7.46. The van der Waals surface area contributed by atoms with Gasteiger partial charge in [-0.2, -0.15) is 0 Å². The molecule has 1 aliphatic heterocycles. The third-order valence-corrected chi connectivity index (χ3v) is 5.48. The average Bonchev–Trinajstić information content (AvgIpc) is 3.14. The molecule has 0 spiro atoms. The van der Waals surface area contributed by atoms with E-state index in [-0.39, 0.29) is 18.3 Å². The number of aryl methyl sites for hydroxylation is 1. The van der Waals surface area contributed by atoms with Crippen LogP contribution in [-0.4, -0.2) is 45.0 Å². The van der Waals surface area contributed by atoms with Gasteiger partial charge in [-0.25, -0.2) is 9.37 Å². The molecule has 2 aromatic heterocycles. The predicted octanol–water partition coefficient (Wildman–Crippen LogP) is 3.71. The third-order valence-electron chi connectivity index (χ3n) is 5.48. The van der Waals surface area contributed by atoms with Crippen molar-refractivity contribution in [3.63, 3.8) is 0 Å². The lowest BCUT2D eigenvalue weighted by molar-refractivity contribution is -0.135. The molecule has 1 amide bonds. The minimum atomic E-state index is -0.325. The lowest BCUT2D eigenvalue weighted by atomic mass is 9.97.